The minimum absolute atomic E-state index is 0.0114. The van der Waals surface area contributed by atoms with Crippen molar-refractivity contribution in [1.29, 1.82) is 0 Å². The molecule has 3 rings (SSSR count). The van der Waals surface area contributed by atoms with E-state index in [-0.39, 0.29) is 5.75 Å². The molecule has 3 aromatic rings. The van der Waals surface area contributed by atoms with Gasteiger partial charge in [0.2, 0.25) is 13.2 Å². The molecule has 182 valence electrons. The van der Waals surface area contributed by atoms with Crippen LogP contribution in [0.15, 0.2) is 60.7 Å². The Morgan fingerprint density at radius 1 is 1.11 bits per heavy atom. The number of aliphatic hydroxyl groups is 1. The first-order valence-electron chi connectivity index (χ1n) is 10.9. The van der Waals surface area contributed by atoms with Crippen LogP contribution in [0.1, 0.15) is 33.4 Å². The van der Waals surface area contributed by atoms with Crippen LogP contribution in [0.5, 0.6) is 5.75 Å². The zero-order chi connectivity index (χ0) is 26.0. The maximum Gasteiger partial charge on any atom is 0.342 e. The Balaban J connectivity index is 2.33. The molecule has 2 aromatic carbocycles. The maximum absolute atomic E-state index is 13.7. The van der Waals surface area contributed by atoms with Crippen molar-refractivity contribution in [3.63, 3.8) is 0 Å². The van der Waals surface area contributed by atoms with Crippen molar-refractivity contribution in [2.45, 2.75) is 44.4 Å². The first-order chi connectivity index (χ1) is 16.4. The molecule has 1 aromatic heterocycles. The van der Waals surface area contributed by atoms with E-state index in [2.05, 4.69) is 0 Å². The molecule has 0 saturated carbocycles. The van der Waals surface area contributed by atoms with Crippen LogP contribution in [-0.2, 0) is 14.8 Å². The molecule has 0 spiro atoms. The molecule has 0 saturated heterocycles. The molecular weight excluding hydrogens is 468 g/mol. The summed E-state index contributed by atoms with van der Waals surface area (Å²) in [6.07, 6.45) is 3.80. The first-order valence-corrected chi connectivity index (χ1v) is 12.3. The highest BCUT2D eigenvalue weighted by Crippen LogP contribution is 2.44. The summed E-state index contributed by atoms with van der Waals surface area (Å²) in [5.74, 6) is 0.306. The van der Waals surface area contributed by atoms with Gasteiger partial charge in [0.05, 0.1) is 17.5 Å². The monoisotopic (exact) mass is 495 g/mol. The summed E-state index contributed by atoms with van der Waals surface area (Å²) in [7, 11) is -3.76. The summed E-state index contributed by atoms with van der Waals surface area (Å²) in [6.45, 7) is 6.76. The van der Waals surface area contributed by atoms with Gasteiger partial charge < -0.3 is 14.7 Å². The van der Waals surface area contributed by atoms with Gasteiger partial charge in [-0.3, -0.25) is 4.57 Å². The quantitative estimate of drug-likeness (QED) is 0.285. The zero-order valence-corrected chi connectivity index (χ0v) is 20.9. The highest BCUT2D eigenvalue weighted by Gasteiger charge is 2.49. The lowest BCUT2D eigenvalue weighted by molar-refractivity contribution is -0.138. The van der Waals surface area contributed by atoms with Crippen LogP contribution in [0.25, 0.3) is 22.4 Å². The van der Waals surface area contributed by atoms with Gasteiger partial charge in [-0.15, -0.1) is 6.42 Å². The lowest BCUT2D eigenvalue weighted by atomic mass is 9.87. The second-order valence-corrected chi connectivity index (χ2v) is 10.6. The fourth-order valence-electron chi connectivity index (χ4n) is 3.60. The summed E-state index contributed by atoms with van der Waals surface area (Å²) in [5.41, 5.74) is 2.06. The second-order valence-electron chi connectivity index (χ2n) is 9.18. The van der Waals surface area contributed by atoms with Crippen molar-refractivity contribution >= 4 is 14.0 Å². The second kappa shape index (κ2) is 10.1. The predicted octanol–water partition coefficient (Wildman–Crippen LogP) is 4.98. The number of nitrogens with zero attached hydrogens (tertiary/aromatic N) is 1. The summed E-state index contributed by atoms with van der Waals surface area (Å²) >= 11 is 0. The predicted molar refractivity (Wildman–Crippen MR) is 134 cm³/mol. The fraction of sp³-hybridized carbons (Fsp3) is 0.259. The van der Waals surface area contributed by atoms with Crippen molar-refractivity contribution in [2.75, 3.05) is 0 Å². The first kappa shape index (κ1) is 26.3. The number of aliphatic hydroxyl groups excluding tert-OH is 1. The number of ether oxygens (including phenoxy) is 1. The number of carbonyl (C=O) groups excluding carboxylic acids is 1. The van der Waals surface area contributed by atoms with Crippen LogP contribution in [0.3, 0.4) is 0 Å². The number of aromatic nitrogens is 1. The van der Waals surface area contributed by atoms with Crippen molar-refractivity contribution < 1.29 is 28.5 Å². The Hall–Kier alpha value is -3.30. The van der Waals surface area contributed by atoms with E-state index < -0.39 is 36.5 Å². The van der Waals surface area contributed by atoms with Crippen LogP contribution in [0, 0.1) is 18.2 Å². The number of hydrogen-bond acceptors (Lipinski definition) is 5. The molecule has 2 N–H and O–H groups in total. The Kier molecular flexibility index (Phi) is 7.62. The van der Waals surface area contributed by atoms with E-state index in [0.717, 1.165) is 12.5 Å². The van der Waals surface area contributed by atoms with Crippen molar-refractivity contribution in [2.24, 2.45) is 0 Å². The minimum Gasteiger partial charge on any atom is -0.422 e. The molecule has 6 nitrogen and oxygen atoms in total. The molecule has 8 heteroatoms. The van der Waals surface area contributed by atoms with E-state index in [9.17, 15) is 23.7 Å². The number of rotatable bonds is 6. The molecular formula is C27H27FNO5P. The Morgan fingerprint density at radius 2 is 1.71 bits per heavy atom. The fourth-order valence-corrected chi connectivity index (χ4v) is 4.30. The SMILES string of the molecule is C#CC(C(=O)Oc1c(-c2ccc(F)cc2)cc(-c2ccccc2)nc1C(C)(C)C)(C(C)O)[PH](=O)O. The average Bonchev–Trinajstić information content (AvgIpc) is 2.80. The van der Waals surface area contributed by atoms with Crippen molar-refractivity contribution in [1.82, 2.24) is 4.98 Å². The Morgan fingerprint density at radius 3 is 2.20 bits per heavy atom. The van der Waals surface area contributed by atoms with Crippen LogP contribution in [0.2, 0.25) is 0 Å². The smallest absolute Gasteiger partial charge is 0.342 e. The van der Waals surface area contributed by atoms with Gasteiger partial charge in [-0.05, 0) is 30.7 Å². The van der Waals surface area contributed by atoms with Crippen LogP contribution < -0.4 is 4.74 Å². The topological polar surface area (TPSA) is 96.7 Å². The van der Waals surface area contributed by atoms with Crippen molar-refractivity contribution in [3.8, 4) is 40.5 Å². The third-order valence-corrected chi connectivity index (χ3v) is 7.06. The highest BCUT2D eigenvalue weighted by atomic mass is 31.1. The summed E-state index contributed by atoms with van der Waals surface area (Å²) < 4.78 is 31.6. The standard InChI is InChI=1S/C27H27FNO5P/c1-6-27(17(2)30,35(32)33)25(31)34-23-21(18-12-14-20(28)15-13-18)16-22(19-10-8-7-9-11-19)29-24(23)26(3,4)5/h1,7-17,30,35H,2-5H3,(H,32,33). The lowest BCUT2D eigenvalue weighted by Gasteiger charge is -2.29. The summed E-state index contributed by atoms with van der Waals surface area (Å²) in [5, 5.41) is 7.74. The van der Waals surface area contributed by atoms with Gasteiger partial charge in [-0.2, -0.15) is 0 Å². The van der Waals surface area contributed by atoms with Gasteiger partial charge in [0.1, 0.15) is 5.82 Å². The molecule has 1 heterocycles. The van der Waals surface area contributed by atoms with E-state index in [1.165, 1.54) is 24.3 Å². The number of benzene rings is 2. The minimum atomic E-state index is -3.76. The van der Waals surface area contributed by atoms with E-state index in [1.54, 1.807) is 6.07 Å². The van der Waals surface area contributed by atoms with Gasteiger partial charge in [0, 0.05) is 16.5 Å². The van der Waals surface area contributed by atoms with Gasteiger partial charge in [0.25, 0.3) is 0 Å². The number of esters is 1. The molecule has 3 atom stereocenters. The molecule has 0 aliphatic heterocycles. The number of halogens is 1. The van der Waals surface area contributed by atoms with Gasteiger partial charge in [-0.25, -0.2) is 14.2 Å². The van der Waals surface area contributed by atoms with Crippen molar-refractivity contribution in [3.05, 3.63) is 72.2 Å². The van der Waals surface area contributed by atoms with Gasteiger partial charge >= 0.3 is 5.97 Å². The molecule has 0 bridgehead atoms. The lowest BCUT2D eigenvalue weighted by Crippen LogP contribution is -2.46. The number of pyridine rings is 1. The van der Waals surface area contributed by atoms with Gasteiger partial charge in [0.15, 0.2) is 5.75 Å². The zero-order valence-electron chi connectivity index (χ0n) is 19.9. The van der Waals surface area contributed by atoms with E-state index in [1.807, 2.05) is 57.0 Å². The van der Waals surface area contributed by atoms with E-state index in [4.69, 9.17) is 16.1 Å². The maximum atomic E-state index is 13.7. The van der Waals surface area contributed by atoms with E-state index in [0.29, 0.717) is 22.5 Å². The Bertz CT molecular complexity index is 1290. The third-order valence-electron chi connectivity index (χ3n) is 5.62. The average molecular weight is 495 g/mol. The molecule has 0 aliphatic rings. The molecule has 0 aliphatic carbocycles. The molecule has 0 fully saturated rings. The molecule has 3 unspecified atom stereocenters. The Labute approximate surface area is 204 Å². The summed E-state index contributed by atoms with van der Waals surface area (Å²) in [6, 6.07) is 16.7. The van der Waals surface area contributed by atoms with Crippen LogP contribution in [0.4, 0.5) is 4.39 Å². The highest BCUT2D eigenvalue weighted by molar-refractivity contribution is 7.42. The van der Waals surface area contributed by atoms with Gasteiger partial charge in [-0.1, -0.05) is 69.2 Å². The number of carbonyl (C=O) groups is 1. The molecule has 0 amide bonds. The number of hydrogen-bond donors (Lipinski definition) is 2. The largest absolute Gasteiger partial charge is 0.422 e. The summed E-state index contributed by atoms with van der Waals surface area (Å²) in [4.78, 5) is 28.0. The van der Waals surface area contributed by atoms with Crippen LogP contribution >= 0.6 is 8.03 Å². The third kappa shape index (κ3) is 5.21. The molecule has 35 heavy (non-hydrogen) atoms. The number of terminal acetylenes is 1. The van der Waals surface area contributed by atoms with Crippen LogP contribution in [-0.4, -0.2) is 32.2 Å². The normalized spacial score (nSPS) is 14.9. The molecule has 0 radical (unpaired) electrons. The van der Waals surface area contributed by atoms with E-state index >= 15 is 0 Å².